The number of aromatic nitrogens is 3. The normalized spacial score (nSPS) is 12.9. The number of aromatic amines is 1. The molecule has 0 aromatic carbocycles. The molecule has 1 heterocycles. The van der Waals surface area contributed by atoms with E-state index in [1.54, 1.807) is 0 Å². The molecule has 1 atom stereocenters. The molecule has 1 rings (SSSR count). The van der Waals surface area contributed by atoms with Gasteiger partial charge in [-0.2, -0.15) is 5.10 Å². The molecule has 11 heavy (non-hydrogen) atoms. The van der Waals surface area contributed by atoms with Crippen molar-refractivity contribution in [3.05, 3.63) is 24.3 Å². The Hall–Kier alpha value is -1.16. The Bertz CT molecular complexity index is 227. The summed E-state index contributed by atoms with van der Waals surface area (Å²) in [7, 11) is 1.86. The Morgan fingerprint density at radius 2 is 2.55 bits per heavy atom. The topological polar surface area (TPSA) is 53.6 Å². The average molecular weight is 152 g/mol. The van der Waals surface area contributed by atoms with E-state index in [1.165, 1.54) is 6.33 Å². The van der Waals surface area contributed by atoms with Crippen LogP contribution in [0, 0.1) is 0 Å². The molecule has 0 amide bonds. The molecule has 1 aromatic heterocycles. The molecule has 0 saturated heterocycles. The molecular formula is C7H12N4. The van der Waals surface area contributed by atoms with Crippen molar-refractivity contribution in [3.8, 4) is 0 Å². The maximum absolute atomic E-state index is 4.02. The summed E-state index contributed by atoms with van der Waals surface area (Å²) >= 11 is 0. The van der Waals surface area contributed by atoms with Crippen LogP contribution in [0.25, 0.3) is 0 Å². The second-order valence-electron chi connectivity index (χ2n) is 2.44. The fraction of sp³-hybridized carbons (Fsp3) is 0.429. The molecule has 4 nitrogen and oxygen atoms in total. The number of nitrogens with zero attached hydrogens (tertiary/aromatic N) is 2. The summed E-state index contributed by atoms with van der Waals surface area (Å²) in [6, 6.07) is 0.0810. The van der Waals surface area contributed by atoms with Crippen molar-refractivity contribution in [1.29, 1.82) is 0 Å². The predicted molar refractivity (Wildman–Crippen MR) is 43.0 cm³/mol. The van der Waals surface area contributed by atoms with Crippen molar-refractivity contribution < 1.29 is 0 Å². The predicted octanol–water partition coefficient (Wildman–Crippen LogP) is 0.641. The van der Waals surface area contributed by atoms with Crippen molar-refractivity contribution in [3.63, 3.8) is 0 Å². The van der Waals surface area contributed by atoms with Crippen LogP contribution in [-0.2, 0) is 0 Å². The van der Waals surface area contributed by atoms with E-state index < -0.39 is 0 Å². The SMILES string of the molecule is C=C(C)C(NC)c1ncn[nH]1. The van der Waals surface area contributed by atoms with Crippen LogP contribution in [0.15, 0.2) is 18.5 Å². The maximum atomic E-state index is 4.02. The molecule has 0 aliphatic rings. The smallest absolute Gasteiger partial charge is 0.145 e. The molecule has 0 spiro atoms. The lowest BCUT2D eigenvalue weighted by atomic mass is 10.1. The summed E-state index contributed by atoms with van der Waals surface area (Å²) in [6.07, 6.45) is 1.49. The molecule has 0 aliphatic carbocycles. The summed E-state index contributed by atoms with van der Waals surface area (Å²) < 4.78 is 0. The van der Waals surface area contributed by atoms with Crippen LogP contribution in [-0.4, -0.2) is 22.2 Å². The van der Waals surface area contributed by atoms with Crippen LogP contribution in [0.4, 0.5) is 0 Å². The highest BCUT2D eigenvalue weighted by Crippen LogP contribution is 2.13. The number of likely N-dealkylation sites (N-methyl/N-ethyl adjacent to an activating group) is 1. The van der Waals surface area contributed by atoms with E-state index in [0.29, 0.717) is 0 Å². The van der Waals surface area contributed by atoms with E-state index in [4.69, 9.17) is 0 Å². The van der Waals surface area contributed by atoms with Crippen LogP contribution >= 0.6 is 0 Å². The molecule has 1 unspecified atom stereocenters. The lowest BCUT2D eigenvalue weighted by Crippen LogP contribution is -2.18. The third kappa shape index (κ3) is 1.65. The van der Waals surface area contributed by atoms with Crippen LogP contribution in [0.3, 0.4) is 0 Å². The van der Waals surface area contributed by atoms with Gasteiger partial charge in [-0.25, -0.2) is 4.98 Å². The summed E-state index contributed by atoms with van der Waals surface area (Å²) in [5.74, 6) is 0.806. The van der Waals surface area contributed by atoms with Crippen molar-refractivity contribution in [2.45, 2.75) is 13.0 Å². The molecule has 0 bridgehead atoms. The van der Waals surface area contributed by atoms with Crippen molar-refractivity contribution in [2.75, 3.05) is 7.05 Å². The van der Waals surface area contributed by atoms with Crippen LogP contribution in [0.5, 0.6) is 0 Å². The fourth-order valence-electron chi connectivity index (χ4n) is 0.971. The Morgan fingerprint density at radius 1 is 1.82 bits per heavy atom. The first-order valence-electron chi connectivity index (χ1n) is 3.43. The van der Waals surface area contributed by atoms with E-state index in [-0.39, 0.29) is 6.04 Å². The third-order valence-electron chi connectivity index (χ3n) is 1.49. The molecule has 1 aromatic rings. The number of H-pyrrole nitrogens is 1. The molecule has 0 aliphatic heterocycles. The van der Waals surface area contributed by atoms with Gasteiger partial charge in [0.1, 0.15) is 12.2 Å². The van der Waals surface area contributed by atoms with Gasteiger partial charge >= 0.3 is 0 Å². The molecule has 2 N–H and O–H groups in total. The van der Waals surface area contributed by atoms with Gasteiger partial charge in [0.15, 0.2) is 0 Å². The van der Waals surface area contributed by atoms with Gasteiger partial charge in [-0.1, -0.05) is 12.2 Å². The van der Waals surface area contributed by atoms with Gasteiger partial charge in [-0.3, -0.25) is 5.10 Å². The van der Waals surface area contributed by atoms with E-state index >= 15 is 0 Å². The average Bonchev–Trinajstić information content (AvgIpc) is 2.40. The highest BCUT2D eigenvalue weighted by molar-refractivity contribution is 5.10. The Balaban J connectivity index is 2.79. The van der Waals surface area contributed by atoms with Gasteiger partial charge in [0.2, 0.25) is 0 Å². The zero-order valence-electron chi connectivity index (χ0n) is 6.76. The fourth-order valence-corrected chi connectivity index (χ4v) is 0.971. The number of hydrogen-bond donors (Lipinski definition) is 2. The lowest BCUT2D eigenvalue weighted by molar-refractivity contribution is 0.639. The zero-order chi connectivity index (χ0) is 8.27. The molecule has 60 valence electrons. The van der Waals surface area contributed by atoms with Gasteiger partial charge in [0.25, 0.3) is 0 Å². The molecule has 0 saturated carbocycles. The van der Waals surface area contributed by atoms with Crippen molar-refractivity contribution >= 4 is 0 Å². The zero-order valence-corrected chi connectivity index (χ0v) is 6.76. The maximum Gasteiger partial charge on any atom is 0.145 e. The molecule has 0 radical (unpaired) electrons. The first kappa shape index (κ1) is 7.94. The van der Waals surface area contributed by atoms with Crippen LogP contribution < -0.4 is 5.32 Å². The van der Waals surface area contributed by atoms with E-state index in [0.717, 1.165) is 11.4 Å². The van der Waals surface area contributed by atoms with E-state index in [9.17, 15) is 0 Å². The minimum absolute atomic E-state index is 0.0810. The number of nitrogens with one attached hydrogen (secondary N) is 2. The van der Waals surface area contributed by atoms with E-state index in [1.807, 2.05) is 14.0 Å². The number of rotatable bonds is 3. The van der Waals surface area contributed by atoms with Gasteiger partial charge < -0.3 is 5.32 Å². The first-order chi connectivity index (χ1) is 5.25. The lowest BCUT2D eigenvalue weighted by Gasteiger charge is -2.11. The third-order valence-corrected chi connectivity index (χ3v) is 1.49. The Labute approximate surface area is 65.7 Å². The minimum atomic E-state index is 0.0810. The van der Waals surface area contributed by atoms with Gasteiger partial charge in [0, 0.05) is 0 Å². The number of hydrogen-bond acceptors (Lipinski definition) is 3. The Morgan fingerprint density at radius 3 is 2.91 bits per heavy atom. The van der Waals surface area contributed by atoms with Crippen molar-refractivity contribution in [1.82, 2.24) is 20.5 Å². The highest BCUT2D eigenvalue weighted by atomic mass is 15.2. The van der Waals surface area contributed by atoms with Crippen LogP contribution in [0.1, 0.15) is 18.8 Å². The molecule has 4 heteroatoms. The second-order valence-corrected chi connectivity index (χ2v) is 2.44. The second kappa shape index (κ2) is 3.30. The summed E-state index contributed by atoms with van der Waals surface area (Å²) in [4.78, 5) is 4.02. The van der Waals surface area contributed by atoms with Crippen LogP contribution in [0.2, 0.25) is 0 Å². The van der Waals surface area contributed by atoms with Gasteiger partial charge in [-0.15, -0.1) is 0 Å². The summed E-state index contributed by atoms with van der Waals surface area (Å²) in [5.41, 5.74) is 1.02. The largest absolute Gasteiger partial charge is 0.307 e. The molecular weight excluding hydrogens is 140 g/mol. The van der Waals surface area contributed by atoms with E-state index in [2.05, 4.69) is 27.1 Å². The van der Waals surface area contributed by atoms with Crippen molar-refractivity contribution in [2.24, 2.45) is 0 Å². The first-order valence-corrected chi connectivity index (χ1v) is 3.43. The monoisotopic (exact) mass is 152 g/mol. The summed E-state index contributed by atoms with van der Waals surface area (Å²) in [5, 5.41) is 9.61. The Kier molecular flexibility index (Phi) is 2.38. The molecule has 0 fully saturated rings. The van der Waals surface area contributed by atoms with Gasteiger partial charge in [-0.05, 0) is 14.0 Å². The minimum Gasteiger partial charge on any atom is -0.307 e. The van der Waals surface area contributed by atoms with Gasteiger partial charge in [0.05, 0.1) is 6.04 Å². The highest BCUT2D eigenvalue weighted by Gasteiger charge is 2.11. The summed E-state index contributed by atoms with van der Waals surface area (Å²) in [6.45, 7) is 5.78. The quantitative estimate of drug-likeness (QED) is 0.625. The standard InChI is InChI=1S/C7H12N4/c1-5(2)6(8-3)7-9-4-10-11-7/h4,6,8H,1H2,2-3H3,(H,9,10,11).